The summed E-state index contributed by atoms with van der Waals surface area (Å²) >= 11 is 0. The SMILES string of the molecule is O=C(O)C(OC1CCCCC1)c1ccccc1. The molecule has 0 aromatic heterocycles. The molecule has 0 spiro atoms. The Balaban J connectivity index is 2.05. The highest BCUT2D eigenvalue weighted by molar-refractivity contribution is 5.74. The number of hydrogen-bond donors (Lipinski definition) is 1. The molecule has 1 aliphatic rings. The summed E-state index contributed by atoms with van der Waals surface area (Å²) in [5, 5.41) is 9.23. The van der Waals surface area contributed by atoms with Crippen LogP contribution in [0.4, 0.5) is 0 Å². The Kier molecular flexibility index (Phi) is 4.15. The van der Waals surface area contributed by atoms with Crippen molar-refractivity contribution in [3.8, 4) is 0 Å². The highest BCUT2D eigenvalue weighted by atomic mass is 16.5. The first-order valence-corrected chi connectivity index (χ1v) is 6.20. The second kappa shape index (κ2) is 5.82. The van der Waals surface area contributed by atoms with Crippen molar-refractivity contribution in [1.82, 2.24) is 0 Å². The molecule has 3 heteroatoms. The number of hydrogen-bond acceptors (Lipinski definition) is 2. The van der Waals surface area contributed by atoms with Crippen molar-refractivity contribution < 1.29 is 14.6 Å². The summed E-state index contributed by atoms with van der Waals surface area (Å²) in [7, 11) is 0. The summed E-state index contributed by atoms with van der Waals surface area (Å²) in [6.07, 6.45) is 4.78. The molecule has 1 N–H and O–H groups in total. The van der Waals surface area contributed by atoms with Crippen molar-refractivity contribution in [2.24, 2.45) is 0 Å². The average Bonchev–Trinajstić information content (AvgIpc) is 2.38. The van der Waals surface area contributed by atoms with E-state index in [2.05, 4.69) is 0 Å². The predicted octanol–water partition coefficient (Wildman–Crippen LogP) is 3.16. The minimum atomic E-state index is -0.901. The third-order valence-electron chi connectivity index (χ3n) is 3.21. The van der Waals surface area contributed by atoms with Gasteiger partial charge in [-0.15, -0.1) is 0 Å². The van der Waals surface area contributed by atoms with Crippen LogP contribution >= 0.6 is 0 Å². The first-order valence-electron chi connectivity index (χ1n) is 6.20. The van der Waals surface area contributed by atoms with Crippen LogP contribution in [0.25, 0.3) is 0 Å². The fraction of sp³-hybridized carbons (Fsp3) is 0.500. The van der Waals surface area contributed by atoms with Crippen molar-refractivity contribution >= 4 is 5.97 Å². The van der Waals surface area contributed by atoms with E-state index < -0.39 is 12.1 Å². The van der Waals surface area contributed by atoms with Gasteiger partial charge in [-0.3, -0.25) is 0 Å². The maximum absolute atomic E-state index is 11.2. The Hall–Kier alpha value is -1.35. The van der Waals surface area contributed by atoms with Gasteiger partial charge >= 0.3 is 5.97 Å². The molecule has 1 atom stereocenters. The molecule has 0 aliphatic heterocycles. The molecule has 0 radical (unpaired) electrons. The van der Waals surface area contributed by atoms with Crippen LogP contribution in [0.5, 0.6) is 0 Å². The number of aliphatic carboxylic acids is 1. The van der Waals surface area contributed by atoms with Crippen molar-refractivity contribution in [3.63, 3.8) is 0 Å². The molecular formula is C14H18O3. The van der Waals surface area contributed by atoms with Crippen LogP contribution in [0.3, 0.4) is 0 Å². The van der Waals surface area contributed by atoms with E-state index in [4.69, 9.17) is 4.74 Å². The highest BCUT2D eigenvalue weighted by Gasteiger charge is 2.25. The molecule has 0 amide bonds. The zero-order chi connectivity index (χ0) is 12.1. The van der Waals surface area contributed by atoms with Gasteiger partial charge in [-0.2, -0.15) is 0 Å². The number of carbonyl (C=O) groups is 1. The number of carboxylic acids is 1. The zero-order valence-corrected chi connectivity index (χ0v) is 9.84. The summed E-state index contributed by atoms with van der Waals surface area (Å²) < 4.78 is 5.74. The highest BCUT2D eigenvalue weighted by Crippen LogP contribution is 2.27. The van der Waals surface area contributed by atoms with Crippen molar-refractivity contribution in [2.45, 2.75) is 44.3 Å². The van der Waals surface area contributed by atoms with E-state index in [1.165, 1.54) is 6.42 Å². The molecular weight excluding hydrogens is 216 g/mol. The molecule has 1 saturated carbocycles. The molecule has 2 rings (SSSR count). The topological polar surface area (TPSA) is 46.5 Å². The number of rotatable bonds is 4. The largest absolute Gasteiger partial charge is 0.479 e. The van der Waals surface area contributed by atoms with Crippen molar-refractivity contribution in [1.29, 1.82) is 0 Å². The van der Waals surface area contributed by atoms with Gasteiger partial charge in [0.05, 0.1) is 6.10 Å². The van der Waals surface area contributed by atoms with E-state index in [9.17, 15) is 9.90 Å². The second-order valence-corrected chi connectivity index (χ2v) is 4.53. The standard InChI is InChI=1S/C14H18O3/c15-14(16)13(11-7-3-1-4-8-11)17-12-9-5-2-6-10-12/h1,3-4,7-8,12-13H,2,5-6,9-10H2,(H,15,16). The van der Waals surface area contributed by atoms with Crippen LogP contribution in [0.2, 0.25) is 0 Å². The van der Waals surface area contributed by atoms with Gasteiger partial charge in [0.25, 0.3) is 0 Å². The zero-order valence-electron chi connectivity index (χ0n) is 9.84. The molecule has 1 aromatic carbocycles. The number of benzene rings is 1. The Labute approximate surface area is 101 Å². The Morgan fingerprint density at radius 1 is 1.18 bits per heavy atom. The molecule has 1 aromatic rings. The molecule has 1 fully saturated rings. The lowest BCUT2D eigenvalue weighted by Crippen LogP contribution is -2.24. The van der Waals surface area contributed by atoms with E-state index in [1.54, 1.807) is 0 Å². The second-order valence-electron chi connectivity index (χ2n) is 4.53. The summed E-state index contributed by atoms with van der Waals surface area (Å²) in [6, 6.07) is 9.18. The fourth-order valence-corrected chi connectivity index (χ4v) is 2.30. The lowest BCUT2D eigenvalue weighted by molar-refractivity contribution is -0.156. The van der Waals surface area contributed by atoms with Gasteiger partial charge in [-0.05, 0) is 18.4 Å². The lowest BCUT2D eigenvalue weighted by Gasteiger charge is -2.25. The lowest BCUT2D eigenvalue weighted by atomic mass is 9.97. The van der Waals surface area contributed by atoms with Gasteiger partial charge < -0.3 is 9.84 Å². The average molecular weight is 234 g/mol. The molecule has 0 heterocycles. The maximum atomic E-state index is 11.2. The monoisotopic (exact) mass is 234 g/mol. The Morgan fingerprint density at radius 3 is 2.41 bits per heavy atom. The van der Waals surface area contributed by atoms with Crippen LogP contribution in [-0.4, -0.2) is 17.2 Å². The molecule has 0 saturated heterocycles. The molecule has 1 aliphatic carbocycles. The van der Waals surface area contributed by atoms with Gasteiger partial charge in [0, 0.05) is 0 Å². The molecule has 0 bridgehead atoms. The van der Waals surface area contributed by atoms with Crippen LogP contribution < -0.4 is 0 Å². The Morgan fingerprint density at radius 2 is 1.82 bits per heavy atom. The van der Waals surface area contributed by atoms with Gasteiger partial charge in [-0.1, -0.05) is 49.6 Å². The minimum Gasteiger partial charge on any atom is -0.479 e. The van der Waals surface area contributed by atoms with E-state index in [1.807, 2.05) is 30.3 Å². The first kappa shape index (κ1) is 12.1. The summed E-state index contributed by atoms with van der Waals surface area (Å²) in [6.45, 7) is 0. The molecule has 92 valence electrons. The van der Waals surface area contributed by atoms with Gasteiger partial charge in [0.1, 0.15) is 0 Å². The molecule has 1 unspecified atom stereocenters. The van der Waals surface area contributed by atoms with Crippen molar-refractivity contribution in [3.05, 3.63) is 35.9 Å². The Bertz CT molecular complexity index is 355. The third-order valence-corrected chi connectivity index (χ3v) is 3.21. The molecule has 3 nitrogen and oxygen atoms in total. The van der Waals surface area contributed by atoms with E-state index in [-0.39, 0.29) is 6.10 Å². The fourth-order valence-electron chi connectivity index (χ4n) is 2.30. The van der Waals surface area contributed by atoms with Crippen LogP contribution in [-0.2, 0) is 9.53 Å². The van der Waals surface area contributed by atoms with E-state index in [0.717, 1.165) is 31.2 Å². The van der Waals surface area contributed by atoms with Crippen LogP contribution in [0, 0.1) is 0 Å². The quantitative estimate of drug-likeness (QED) is 0.870. The molecule has 17 heavy (non-hydrogen) atoms. The third kappa shape index (κ3) is 3.30. The van der Waals surface area contributed by atoms with Crippen LogP contribution in [0.1, 0.15) is 43.8 Å². The minimum absolute atomic E-state index is 0.102. The normalized spacial score (nSPS) is 18.8. The summed E-state index contributed by atoms with van der Waals surface area (Å²) in [5.74, 6) is -0.901. The van der Waals surface area contributed by atoms with Crippen molar-refractivity contribution in [2.75, 3.05) is 0 Å². The summed E-state index contributed by atoms with van der Waals surface area (Å²) in [5.41, 5.74) is 0.727. The maximum Gasteiger partial charge on any atom is 0.337 e. The van der Waals surface area contributed by atoms with E-state index >= 15 is 0 Å². The van der Waals surface area contributed by atoms with Gasteiger partial charge in [-0.25, -0.2) is 4.79 Å². The predicted molar refractivity (Wildman–Crippen MR) is 64.8 cm³/mol. The number of carboxylic acid groups (broad SMARTS) is 1. The first-order chi connectivity index (χ1) is 8.27. The van der Waals surface area contributed by atoms with Crippen LogP contribution in [0.15, 0.2) is 30.3 Å². The summed E-state index contributed by atoms with van der Waals surface area (Å²) in [4.78, 5) is 11.2. The van der Waals surface area contributed by atoms with E-state index in [0.29, 0.717) is 0 Å². The van der Waals surface area contributed by atoms with Gasteiger partial charge in [0.2, 0.25) is 0 Å². The number of ether oxygens (including phenoxy) is 1. The van der Waals surface area contributed by atoms with Gasteiger partial charge in [0.15, 0.2) is 6.10 Å². The smallest absolute Gasteiger partial charge is 0.337 e.